The topological polar surface area (TPSA) is 21.3 Å². The molecular weight excluding hydrogens is 246 g/mol. The minimum atomic E-state index is 0.0237. The average molecular weight is 275 g/mol. The highest BCUT2D eigenvalue weighted by atomic mass is 16.5. The molecule has 0 bridgehead atoms. The molecular formula is C18H29NO. The largest absolute Gasteiger partial charge is 0.374 e. The van der Waals surface area contributed by atoms with Crippen molar-refractivity contribution >= 4 is 0 Å². The highest BCUT2D eigenvalue weighted by Gasteiger charge is 2.38. The first kappa shape index (κ1) is 15.5. The summed E-state index contributed by atoms with van der Waals surface area (Å²) in [6.07, 6.45) is 8.75. The van der Waals surface area contributed by atoms with Crippen LogP contribution in [0.2, 0.25) is 0 Å². The Labute approximate surface area is 123 Å². The smallest absolute Gasteiger partial charge is 0.0837 e. The fraction of sp³-hybridized carbons (Fsp3) is 0.667. The van der Waals surface area contributed by atoms with Crippen molar-refractivity contribution in [2.45, 2.75) is 63.5 Å². The third-order valence-electron chi connectivity index (χ3n) is 4.65. The zero-order valence-electron chi connectivity index (χ0n) is 13.0. The van der Waals surface area contributed by atoms with Crippen LogP contribution in [0.3, 0.4) is 0 Å². The van der Waals surface area contributed by atoms with E-state index >= 15 is 0 Å². The minimum Gasteiger partial charge on any atom is -0.374 e. The molecule has 2 nitrogen and oxygen atoms in total. The number of ether oxygens (including phenoxy) is 1. The lowest BCUT2D eigenvalue weighted by molar-refractivity contribution is -0.0752. The lowest BCUT2D eigenvalue weighted by atomic mass is 9.82. The Morgan fingerprint density at radius 3 is 2.30 bits per heavy atom. The predicted molar refractivity (Wildman–Crippen MR) is 85.1 cm³/mol. The molecule has 1 aliphatic carbocycles. The predicted octanol–water partition coefficient (Wildman–Crippen LogP) is 3.95. The quantitative estimate of drug-likeness (QED) is 0.794. The van der Waals surface area contributed by atoms with Crippen molar-refractivity contribution in [3.05, 3.63) is 35.9 Å². The molecule has 1 saturated carbocycles. The molecule has 0 aromatic heterocycles. The van der Waals surface area contributed by atoms with Gasteiger partial charge in [-0.25, -0.2) is 0 Å². The fourth-order valence-electron chi connectivity index (χ4n) is 3.61. The summed E-state index contributed by atoms with van der Waals surface area (Å²) in [4.78, 5) is 0. The number of hydrogen-bond donors (Lipinski definition) is 1. The van der Waals surface area contributed by atoms with E-state index in [9.17, 15) is 0 Å². The third-order valence-corrected chi connectivity index (χ3v) is 4.65. The van der Waals surface area contributed by atoms with Gasteiger partial charge in [0, 0.05) is 12.6 Å². The maximum absolute atomic E-state index is 6.31. The monoisotopic (exact) mass is 275 g/mol. The van der Waals surface area contributed by atoms with Crippen LogP contribution in [0.25, 0.3) is 0 Å². The van der Waals surface area contributed by atoms with E-state index in [2.05, 4.69) is 49.6 Å². The highest BCUT2D eigenvalue weighted by molar-refractivity contribution is 5.17. The van der Waals surface area contributed by atoms with Gasteiger partial charge in [0.1, 0.15) is 0 Å². The molecule has 2 heteroatoms. The maximum atomic E-state index is 6.31. The normalized spacial score (nSPS) is 20.3. The molecule has 2 rings (SSSR count). The van der Waals surface area contributed by atoms with Crippen LogP contribution >= 0.6 is 0 Å². The van der Waals surface area contributed by atoms with E-state index in [1.54, 1.807) is 0 Å². The Balaban J connectivity index is 2.15. The van der Waals surface area contributed by atoms with E-state index in [1.807, 2.05) is 0 Å². The molecule has 1 unspecified atom stereocenters. The van der Waals surface area contributed by atoms with Gasteiger partial charge < -0.3 is 10.1 Å². The zero-order valence-corrected chi connectivity index (χ0v) is 13.0. The van der Waals surface area contributed by atoms with E-state index in [1.165, 1.54) is 44.1 Å². The second kappa shape index (κ2) is 7.80. The number of nitrogens with one attached hydrogen (secondary N) is 1. The Morgan fingerprint density at radius 2 is 1.75 bits per heavy atom. The third kappa shape index (κ3) is 3.83. The van der Waals surface area contributed by atoms with Crippen molar-refractivity contribution in [2.24, 2.45) is 0 Å². The summed E-state index contributed by atoms with van der Waals surface area (Å²) in [5.41, 5.74) is 1.42. The molecule has 1 aliphatic rings. The van der Waals surface area contributed by atoms with Gasteiger partial charge in [-0.1, -0.05) is 56.0 Å². The number of hydrogen-bond acceptors (Lipinski definition) is 2. The summed E-state index contributed by atoms with van der Waals surface area (Å²) in [5.74, 6) is 0. The Morgan fingerprint density at radius 1 is 1.10 bits per heavy atom. The summed E-state index contributed by atoms with van der Waals surface area (Å²) < 4.78 is 6.31. The van der Waals surface area contributed by atoms with E-state index in [0.717, 1.165) is 13.0 Å². The van der Waals surface area contributed by atoms with Gasteiger partial charge in [0.05, 0.1) is 5.60 Å². The van der Waals surface area contributed by atoms with Crippen LogP contribution in [0.15, 0.2) is 30.3 Å². The van der Waals surface area contributed by atoms with Crippen LogP contribution in [0.4, 0.5) is 0 Å². The van der Waals surface area contributed by atoms with Gasteiger partial charge >= 0.3 is 0 Å². The molecule has 1 N–H and O–H groups in total. The number of benzene rings is 1. The Bertz CT molecular complexity index is 368. The van der Waals surface area contributed by atoms with Crippen molar-refractivity contribution in [3.8, 4) is 0 Å². The molecule has 0 amide bonds. The van der Waals surface area contributed by atoms with E-state index in [4.69, 9.17) is 4.74 Å². The van der Waals surface area contributed by atoms with Gasteiger partial charge in [-0.15, -0.1) is 0 Å². The number of rotatable bonds is 6. The molecule has 0 spiro atoms. The van der Waals surface area contributed by atoms with Crippen LogP contribution in [0.5, 0.6) is 0 Å². The second-order valence-corrected chi connectivity index (χ2v) is 5.94. The minimum absolute atomic E-state index is 0.0237. The molecule has 0 aliphatic heterocycles. The molecule has 1 atom stereocenters. The average Bonchev–Trinajstić information content (AvgIpc) is 2.73. The highest BCUT2D eigenvalue weighted by Crippen LogP contribution is 2.34. The SMILES string of the molecule is CCOC1(C(Cc2ccccc2)NC)CCCCCC1. The zero-order chi connectivity index (χ0) is 14.3. The lowest BCUT2D eigenvalue weighted by Crippen LogP contribution is -2.52. The standard InChI is InChI=1S/C18H29NO/c1-3-20-18(13-9-4-5-10-14-18)17(19-2)15-16-11-7-6-8-12-16/h6-8,11-12,17,19H,3-5,9-10,13-15H2,1-2H3. The van der Waals surface area contributed by atoms with E-state index in [0.29, 0.717) is 6.04 Å². The molecule has 1 fully saturated rings. The molecule has 1 aromatic rings. The van der Waals surface area contributed by atoms with Crippen molar-refractivity contribution < 1.29 is 4.74 Å². The van der Waals surface area contributed by atoms with Crippen LogP contribution in [-0.2, 0) is 11.2 Å². The fourth-order valence-corrected chi connectivity index (χ4v) is 3.61. The molecule has 0 saturated heterocycles. The van der Waals surface area contributed by atoms with Crippen LogP contribution in [0.1, 0.15) is 51.0 Å². The van der Waals surface area contributed by atoms with Crippen LogP contribution in [0, 0.1) is 0 Å². The van der Waals surface area contributed by atoms with Gasteiger partial charge in [-0.3, -0.25) is 0 Å². The van der Waals surface area contributed by atoms with Crippen LogP contribution in [-0.4, -0.2) is 25.3 Å². The van der Waals surface area contributed by atoms with Gasteiger partial charge in [0.25, 0.3) is 0 Å². The second-order valence-electron chi connectivity index (χ2n) is 5.94. The van der Waals surface area contributed by atoms with Crippen molar-refractivity contribution in [1.29, 1.82) is 0 Å². The summed E-state index contributed by atoms with van der Waals surface area (Å²) in [7, 11) is 2.08. The molecule has 20 heavy (non-hydrogen) atoms. The Hall–Kier alpha value is -0.860. The summed E-state index contributed by atoms with van der Waals surface area (Å²) in [5, 5.41) is 3.55. The van der Waals surface area contributed by atoms with E-state index in [-0.39, 0.29) is 5.60 Å². The summed E-state index contributed by atoms with van der Waals surface area (Å²) >= 11 is 0. The van der Waals surface area contributed by atoms with Crippen molar-refractivity contribution in [3.63, 3.8) is 0 Å². The molecule has 0 heterocycles. The van der Waals surface area contributed by atoms with Gasteiger partial charge in [-0.2, -0.15) is 0 Å². The van der Waals surface area contributed by atoms with Gasteiger partial charge in [0.15, 0.2) is 0 Å². The Kier molecular flexibility index (Phi) is 6.06. The van der Waals surface area contributed by atoms with Gasteiger partial charge in [0.2, 0.25) is 0 Å². The molecule has 1 aromatic carbocycles. The first-order valence-electron chi connectivity index (χ1n) is 8.16. The van der Waals surface area contributed by atoms with Crippen molar-refractivity contribution in [1.82, 2.24) is 5.32 Å². The number of likely N-dealkylation sites (N-methyl/N-ethyl adjacent to an activating group) is 1. The van der Waals surface area contributed by atoms with Crippen LogP contribution < -0.4 is 5.32 Å². The first-order valence-corrected chi connectivity index (χ1v) is 8.16. The molecule has 112 valence electrons. The van der Waals surface area contributed by atoms with E-state index < -0.39 is 0 Å². The lowest BCUT2D eigenvalue weighted by Gasteiger charge is -2.40. The van der Waals surface area contributed by atoms with Gasteiger partial charge in [-0.05, 0) is 38.8 Å². The molecule has 0 radical (unpaired) electrons. The first-order chi connectivity index (χ1) is 9.80. The summed E-state index contributed by atoms with van der Waals surface area (Å²) in [6.45, 7) is 2.94. The van der Waals surface area contributed by atoms with Crippen molar-refractivity contribution in [2.75, 3.05) is 13.7 Å². The maximum Gasteiger partial charge on any atom is 0.0837 e. The summed E-state index contributed by atoms with van der Waals surface area (Å²) in [6, 6.07) is 11.2.